The Morgan fingerprint density at radius 1 is 0.190 bits per heavy atom. The van der Waals surface area contributed by atoms with Crippen molar-refractivity contribution in [3.63, 3.8) is 0 Å². The molecule has 0 aliphatic heterocycles. The summed E-state index contributed by atoms with van der Waals surface area (Å²) in [7, 11) is 3.69. The van der Waals surface area contributed by atoms with Crippen LogP contribution in [0.25, 0.3) is 187 Å². The van der Waals surface area contributed by atoms with E-state index in [9.17, 15) is 0 Å². The van der Waals surface area contributed by atoms with Crippen LogP contribution in [0.15, 0.2) is 243 Å². The molecule has 0 amide bonds. The average molecular weight is 1070 g/mol. The molecule has 16 aromatic carbocycles. The molecule has 0 heterocycles. The zero-order valence-electron chi connectivity index (χ0n) is 46.9. The zero-order valence-corrected chi connectivity index (χ0v) is 46.9. The van der Waals surface area contributed by atoms with Crippen molar-refractivity contribution in [2.75, 3.05) is 14.2 Å². The zero-order chi connectivity index (χ0) is 55.6. The summed E-state index contributed by atoms with van der Waals surface area (Å²) < 4.78 is 13.5. The first-order valence-electron chi connectivity index (χ1n) is 29.2. The molecule has 0 saturated heterocycles. The lowest BCUT2D eigenvalue weighted by Crippen LogP contribution is -2.00. The van der Waals surface area contributed by atoms with Crippen molar-refractivity contribution in [1.29, 1.82) is 0 Å². The van der Waals surface area contributed by atoms with E-state index in [1.165, 1.54) is 142 Å². The van der Waals surface area contributed by atoms with Gasteiger partial charge in [-0.2, -0.15) is 0 Å². The van der Waals surface area contributed by atoms with Gasteiger partial charge in [-0.15, -0.1) is 0 Å². The monoisotopic (exact) mass is 1070 g/mol. The van der Waals surface area contributed by atoms with Gasteiger partial charge in [0.2, 0.25) is 0 Å². The van der Waals surface area contributed by atoms with Crippen molar-refractivity contribution >= 4 is 75.4 Å². The van der Waals surface area contributed by atoms with E-state index >= 15 is 0 Å². The van der Waals surface area contributed by atoms with Gasteiger partial charge in [-0.25, -0.2) is 0 Å². The van der Waals surface area contributed by atoms with Crippen LogP contribution in [0.3, 0.4) is 0 Å². The number of hydrogen-bond acceptors (Lipinski definition) is 2. The summed E-state index contributed by atoms with van der Waals surface area (Å²) in [5.41, 5.74) is 26.1. The number of rotatable bonds is 8. The highest BCUT2D eigenvalue weighted by molar-refractivity contribution is 6.45. The summed E-state index contributed by atoms with van der Waals surface area (Å²) in [4.78, 5) is 0. The van der Waals surface area contributed by atoms with Gasteiger partial charge >= 0.3 is 0 Å². The normalized spacial score (nSPS) is 12.3. The molecule has 0 atom stereocenters. The summed E-state index contributed by atoms with van der Waals surface area (Å²) in [6.45, 7) is 4.32. The number of fused-ring (bicyclic) bond motifs is 10. The van der Waals surface area contributed by atoms with Crippen molar-refractivity contribution < 1.29 is 9.47 Å². The molecule has 0 fully saturated rings. The quantitative estimate of drug-likeness (QED) is 0.112. The predicted octanol–water partition coefficient (Wildman–Crippen LogP) is 22.6. The van der Waals surface area contributed by atoms with Gasteiger partial charge < -0.3 is 9.47 Å². The number of benzene rings is 16. The molecule has 2 heteroatoms. The summed E-state index contributed by atoms with van der Waals surface area (Å²) in [6.07, 6.45) is 0. The Labute approximate surface area is 486 Å². The second kappa shape index (κ2) is 17.5. The summed E-state index contributed by atoms with van der Waals surface area (Å²) >= 11 is 0. The van der Waals surface area contributed by atoms with E-state index in [1.807, 2.05) is 14.2 Å². The van der Waals surface area contributed by atoms with E-state index in [0.717, 1.165) is 67.1 Å². The van der Waals surface area contributed by atoms with Gasteiger partial charge in [0.1, 0.15) is 11.5 Å². The largest absolute Gasteiger partial charge is 0.495 e. The molecule has 0 radical (unpaired) electrons. The Bertz CT molecular complexity index is 5040. The Kier molecular flexibility index (Phi) is 9.81. The molecule has 0 unspecified atom stereocenters. The van der Waals surface area contributed by atoms with Crippen molar-refractivity contribution in [1.82, 2.24) is 0 Å². The molecular weight excluding hydrogens is 1020 g/mol. The van der Waals surface area contributed by atoms with Gasteiger partial charge in [-0.05, 0) is 156 Å². The highest BCUT2D eigenvalue weighted by atomic mass is 16.5. The third kappa shape index (κ3) is 6.19. The van der Waals surface area contributed by atoms with E-state index in [4.69, 9.17) is 9.47 Å². The first kappa shape index (κ1) is 47.1. The molecule has 0 N–H and O–H groups in total. The van der Waals surface area contributed by atoms with Gasteiger partial charge in [-0.3, -0.25) is 0 Å². The molecule has 84 heavy (non-hydrogen) atoms. The van der Waals surface area contributed by atoms with Crippen LogP contribution in [0.1, 0.15) is 11.1 Å². The first-order chi connectivity index (χ1) is 41.5. The average Bonchev–Trinajstić information content (AvgIpc) is 1.44. The number of ether oxygens (including phenoxy) is 2. The maximum atomic E-state index is 6.76. The highest BCUT2D eigenvalue weighted by Crippen LogP contribution is 2.65. The van der Waals surface area contributed by atoms with E-state index in [-0.39, 0.29) is 0 Å². The lowest BCUT2D eigenvalue weighted by molar-refractivity contribution is 0.418. The summed E-state index contributed by atoms with van der Waals surface area (Å²) in [5.74, 6) is 1.77. The van der Waals surface area contributed by atoms with E-state index in [2.05, 4.69) is 257 Å². The van der Waals surface area contributed by atoms with Crippen LogP contribution in [0.5, 0.6) is 11.5 Å². The number of hydrogen-bond donors (Lipinski definition) is 0. The molecule has 2 aliphatic rings. The Morgan fingerprint density at radius 3 is 0.679 bits per heavy atom. The molecular formula is C82H52O2. The fourth-order valence-electron chi connectivity index (χ4n) is 15.6. The molecule has 0 spiro atoms. The molecule has 2 nitrogen and oxygen atoms in total. The third-order valence-electron chi connectivity index (χ3n) is 19.0. The van der Waals surface area contributed by atoms with Gasteiger partial charge in [0.15, 0.2) is 0 Å². The second-order valence-corrected chi connectivity index (χ2v) is 23.2. The maximum absolute atomic E-state index is 6.76. The van der Waals surface area contributed by atoms with Crippen molar-refractivity contribution in [3.8, 4) is 123 Å². The molecule has 18 rings (SSSR count). The predicted molar refractivity (Wildman–Crippen MR) is 355 cm³/mol. The van der Waals surface area contributed by atoms with Crippen LogP contribution in [0, 0.1) is 13.8 Å². The molecule has 16 aromatic rings. The summed E-state index contributed by atoms with van der Waals surface area (Å²) in [5, 5.41) is 18.1. The topological polar surface area (TPSA) is 18.5 Å². The minimum Gasteiger partial charge on any atom is -0.495 e. The standard InChI is InChI=1S/C82H52O2/c1-45-25-29-51(30-26-45)67-65(47-17-9-5-10-18-47)77-61-41-37-57-53-33-34-54-58-38-42-62-76-64(80-70(50-23-15-8-16-24-50)82(84-4)68(52-31-27-46(2)28-32-52)66(78(62)80)48-19-11-6-12-20-48)44-40-60(74(58)76)56-36-35-55(71(53)72(54)56)59-39-43-63(75(61)73(57)59)79(77)69(81(67)83-3)49-21-13-7-14-22-49/h5-44H,1-4H3. The van der Waals surface area contributed by atoms with Gasteiger partial charge in [0.05, 0.1) is 14.2 Å². The van der Waals surface area contributed by atoms with E-state index in [0.29, 0.717) is 0 Å². The Hall–Kier alpha value is -10.5. The fraction of sp³-hybridized carbons (Fsp3) is 0.0488. The van der Waals surface area contributed by atoms with Crippen molar-refractivity contribution in [3.05, 3.63) is 254 Å². The maximum Gasteiger partial charge on any atom is 0.135 e. The lowest BCUT2D eigenvalue weighted by Gasteiger charge is -2.24. The lowest BCUT2D eigenvalue weighted by atomic mass is 9.81. The van der Waals surface area contributed by atoms with Crippen molar-refractivity contribution in [2.24, 2.45) is 0 Å². The molecule has 0 saturated carbocycles. The second-order valence-electron chi connectivity index (χ2n) is 23.2. The number of methoxy groups -OCH3 is 2. The highest BCUT2D eigenvalue weighted by Gasteiger charge is 2.38. The number of aryl methyl sites for hydroxylation is 2. The minimum absolute atomic E-state index is 0.887. The first-order valence-corrected chi connectivity index (χ1v) is 29.2. The van der Waals surface area contributed by atoms with Gasteiger partial charge in [0.25, 0.3) is 0 Å². The SMILES string of the molecule is COc1c(-c2ccc(C)cc2)c(-c2ccccc2)c2c(c1-c1ccccc1)-c1ccc3c4ccc5c6ccc7c8c(ccc(c9ccc(c%10ccc-2c1c3%10)c4c59)c86)-c1c(-c2ccccc2)c(-c2ccc(C)cc2)c(OC)c(-c2ccccc2)c1-7. The molecule has 0 bridgehead atoms. The molecule has 0 aromatic heterocycles. The minimum atomic E-state index is 0.887. The molecule has 392 valence electrons. The van der Waals surface area contributed by atoms with Crippen LogP contribution >= 0.6 is 0 Å². The van der Waals surface area contributed by atoms with E-state index < -0.39 is 0 Å². The molecule has 2 aliphatic carbocycles. The smallest absolute Gasteiger partial charge is 0.135 e. The van der Waals surface area contributed by atoms with Gasteiger partial charge in [0, 0.05) is 44.5 Å². The van der Waals surface area contributed by atoms with Crippen molar-refractivity contribution in [2.45, 2.75) is 13.8 Å². The Balaban J connectivity index is 0.927. The van der Waals surface area contributed by atoms with Crippen LogP contribution in [-0.4, -0.2) is 14.2 Å². The Morgan fingerprint density at radius 2 is 0.405 bits per heavy atom. The van der Waals surface area contributed by atoms with Crippen LogP contribution in [0.2, 0.25) is 0 Å². The van der Waals surface area contributed by atoms with Crippen LogP contribution in [-0.2, 0) is 0 Å². The van der Waals surface area contributed by atoms with E-state index in [1.54, 1.807) is 0 Å². The van der Waals surface area contributed by atoms with Crippen LogP contribution < -0.4 is 9.47 Å². The van der Waals surface area contributed by atoms with Gasteiger partial charge in [-0.1, -0.05) is 254 Å². The fourth-order valence-corrected chi connectivity index (χ4v) is 15.6. The third-order valence-corrected chi connectivity index (χ3v) is 19.0. The van der Waals surface area contributed by atoms with Crippen LogP contribution in [0.4, 0.5) is 0 Å². The summed E-state index contributed by atoms with van der Waals surface area (Å²) in [6, 6.07) is 90.8.